The topological polar surface area (TPSA) is 68.0 Å². The number of benzene rings is 1. The van der Waals surface area contributed by atoms with Crippen LogP contribution in [-0.2, 0) is 0 Å². The van der Waals surface area contributed by atoms with Gasteiger partial charge in [0.1, 0.15) is 5.82 Å². The largest absolute Gasteiger partial charge is 0.384 e. The van der Waals surface area contributed by atoms with Crippen LogP contribution in [0.4, 0.5) is 11.5 Å². The lowest BCUT2D eigenvalue weighted by atomic mass is 10.2. The average molecular weight is 327 g/mol. The fraction of sp³-hybridized carbons (Fsp3) is 0. The van der Waals surface area contributed by atoms with Gasteiger partial charge in [-0.2, -0.15) is 0 Å². The van der Waals surface area contributed by atoms with Crippen molar-refractivity contribution in [2.24, 2.45) is 0 Å². The second kappa shape index (κ2) is 5.37. The van der Waals surface area contributed by atoms with Crippen LogP contribution in [0, 0.1) is 0 Å². The molecule has 0 aliphatic heterocycles. The Kier molecular flexibility index (Phi) is 3.84. The zero-order chi connectivity index (χ0) is 13.1. The normalized spacial score (nSPS) is 10.1. The van der Waals surface area contributed by atoms with E-state index in [2.05, 4.69) is 26.2 Å². The number of nitrogens with two attached hydrogens (primary N) is 1. The van der Waals surface area contributed by atoms with Gasteiger partial charge in [-0.1, -0.05) is 27.5 Å². The molecule has 0 unspecified atom stereocenters. The van der Waals surface area contributed by atoms with Crippen molar-refractivity contribution in [1.82, 2.24) is 4.98 Å². The number of nitrogens with one attached hydrogen (secondary N) is 1. The number of anilines is 2. The summed E-state index contributed by atoms with van der Waals surface area (Å²) >= 11 is 9.29. The maximum absolute atomic E-state index is 11.9. The first-order valence-corrected chi connectivity index (χ1v) is 6.21. The Morgan fingerprint density at radius 2 is 2.11 bits per heavy atom. The maximum atomic E-state index is 11.9. The number of halogens is 2. The number of carbonyl (C=O) groups excluding carboxylic acids is 1. The van der Waals surface area contributed by atoms with E-state index in [0.29, 0.717) is 22.1 Å². The predicted molar refractivity (Wildman–Crippen MR) is 75.8 cm³/mol. The summed E-state index contributed by atoms with van der Waals surface area (Å²) in [5.74, 6) is 0.0783. The smallest absolute Gasteiger partial charge is 0.257 e. The lowest BCUT2D eigenvalue weighted by molar-refractivity contribution is 0.102. The minimum Gasteiger partial charge on any atom is -0.384 e. The van der Waals surface area contributed by atoms with Gasteiger partial charge in [-0.25, -0.2) is 4.98 Å². The molecule has 0 fully saturated rings. The van der Waals surface area contributed by atoms with E-state index in [9.17, 15) is 4.79 Å². The van der Waals surface area contributed by atoms with Gasteiger partial charge in [0, 0.05) is 10.7 Å². The van der Waals surface area contributed by atoms with Crippen LogP contribution in [-0.4, -0.2) is 10.9 Å². The van der Waals surface area contributed by atoms with Crippen molar-refractivity contribution in [1.29, 1.82) is 0 Å². The van der Waals surface area contributed by atoms with E-state index in [0.717, 1.165) is 4.47 Å². The second-order valence-corrected chi connectivity index (χ2v) is 4.87. The molecule has 0 atom stereocenters. The van der Waals surface area contributed by atoms with E-state index in [1.54, 1.807) is 30.3 Å². The molecule has 18 heavy (non-hydrogen) atoms. The summed E-state index contributed by atoms with van der Waals surface area (Å²) < 4.78 is 0.831. The summed E-state index contributed by atoms with van der Waals surface area (Å²) in [6, 6.07) is 8.39. The SMILES string of the molecule is Nc1ccc(C(=O)Nc2cc(Br)ccc2Cl)cn1. The monoisotopic (exact) mass is 325 g/mol. The molecule has 0 bridgehead atoms. The van der Waals surface area contributed by atoms with Crippen LogP contribution in [0.1, 0.15) is 10.4 Å². The summed E-state index contributed by atoms with van der Waals surface area (Å²) in [5, 5.41) is 3.17. The zero-order valence-electron chi connectivity index (χ0n) is 9.15. The van der Waals surface area contributed by atoms with Crippen molar-refractivity contribution in [2.75, 3.05) is 11.1 Å². The third-order valence-corrected chi connectivity index (χ3v) is 3.05. The Labute approximate surface area is 117 Å². The number of rotatable bonds is 2. The summed E-state index contributed by atoms with van der Waals surface area (Å²) in [6.07, 6.45) is 1.41. The minimum absolute atomic E-state index is 0.289. The van der Waals surface area contributed by atoms with E-state index in [1.807, 2.05) is 0 Å². The Morgan fingerprint density at radius 3 is 2.78 bits per heavy atom. The Morgan fingerprint density at radius 1 is 1.33 bits per heavy atom. The molecule has 1 amide bonds. The predicted octanol–water partition coefficient (Wildman–Crippen LogP) is 3.33. The first kappa shape index (κ1) is 12.9. The first-order chi connectivity index (χ1) is 8.56. The van der Waals surface area contributed by atoms with Crippen molar-refractivity contribution in [3.8, 4) is 0 Å². The summed E-state index contributed by atoms with van der Waals surface area (Å²) in [5.41, 5.74) is 6.41. The van der Waals surface area contributed by atoms with Gasteiger partial charge in [0.2, 0.25) is 0 Å². The molecule has 1 aromatic heterocycles. The summed E-state index contributed by atoms with van der Waals surface area (Å²) in [7, 11) is 0. The molecule has 6 heteroatoms. The van der Waals surface area contributed by atoms with E-state index < -0.39 is 0 Å². The molecule has 3 N–H and O–H groups in total. The van der Waals surface area contributed by atoms with E-state index in [-0.39, 0.29) is 5.91 Å². The van der Waals surface area contributed by atoms with Crippen LogP contribution in [0.3, 0.4) is 0 Å². The Bertz CT molecular complexity index is 586. The number of amides is 1. The molecule has 0 radical (unpaired) electrons. The van der Waals surface area contributed by atoms with Crippen molar-refractivity contribution in [3.63, 3.8) is 0 Å². The van der Waals surface area contributed by atoms with Crippen molar-refractivity contribution >= 4 is 44.9 Å². The molecule has 1 heterocycles. The Balaban J connectivity index is 2.21. The van der Waals surface area contributed by atoms with Crippen LogP contribution >= 0.6 is 27.5 Å². The van der Waals surface area contributed by atoms with Gasteiger partial charge >= 0.3 is 0 Å². The molecule has 0 saturated carbocycles. The van der Waals surface area contributed by atoms with Crippen LogP contribution in [0.15, 0.2) is 41.0 Å². The third-order valence-electron chi connectivity index (χ3n) is 2.23. The fourth-order valence-electron chi connectivity index (χ4n) is 1.33. The fourth-order valence-corrected chi connectivity index (χ4v) is 1.85. The van der Waals surface area contributed by atoms with Gasteiger partial charge in [-0.3, -0.25) is 4.79 Å². The molecule has 0 aliphatic carbocycles. The van der Waals surface area contributed by atoms with Gasteiger partial charge in [-0.15, -0.1) is 0 Å². The van der Waals surface area contributed by atoms with Crippen molar-refractivity contribution < 1.29 is 4.79 Å². The van der Waals surface area contributed by atoms with Crippen LogP contribution in [0.2, 0.25) is 5.02 Å². The van der Waals surface area contributed by atoms with Crippen LogP contribution in [0.5, 0.6) is 0 Å². The molecule has 4 nitrogen and oxygen atoms in total. The van der Waals surface area contributed by atoms with E-state index >= 15 is 0 Å². The van der Waals surface area contributed by atoms with Crippen LogP contribution < -0.4 is 11.1 Å². The number of carbonyl (C=O) groups is 1. The van der Waals surface area contributed by atoms with Gasteiger partial charge in [0.25, 0.3) is 5.91 Å². The number of hydrogen-bond donors (Lipinski definition) is 2. The molecule has 2 aromatic rings. The highest BCUT2D eigenvalue weighted by Crippen LogP contribution is 2.26. The van der Waals surface area contributed by atoms with Gasteiger partial charge in [0.15, 0.2) is 0 Å². The molecule has 92 valence electrons. The maximum Gasteiger partial charge on any atom is 0.257 e. The van der Waals surface area contributed by atoms with Crippen molar-refractivity contribution in [3.05, 3.63) is 51.6 Å². The minimum atomic E-state index is -0.289. The number of nitrogens with zero attached hydrogens (tertiary/aromatic N) is 1. The van der Waals surface area contributed by atoms with Gasteiger partial charge in [-0.05, 0) is 30.3 Å². The lowest BCUT2D eigenvalue weighted by Gasteiger charge is -2.07. The molecule has 0 saturated heterocycles. The number of aromatic nitrogens is 1. The molecule has 2 rings (SSSR count). The van der Waals surface area contributed by atoms with Crippen LogP contribution in [0.25, 0.3) is 0 Å². The number of hydrogen-bond acceptors (Lipinski definition) is 3. The second-order valence-electron chi connectivity index (χ2n) is 3.55. The highest BCUT2D eigenvalue weighted by atomic mass is 79.9. The van der Waals surface area contributed by atoms with Crippen molar-refractivity contribution in [2.45, 2.75) is 0 Å². The standard InChI is InChI=1S/C12H9BrClN3O/c13-8-2-3-9(14)10(5-8)17-12(18)7-1-4-11(15)16-6-7/h1-6H,(H2,15,16)(H,17,18). The Hall–Kier alpha value is -1.59. The molecule has 0 spiro atoms. The zero-order valence-corrected chi connectivity index (χ0v) is 11.5. The average Bonchev–Trinajstić information content (AvgIpc) is 2.34. The summed E-state index contributed by atoms with van der Waals surface area (Å²) in [6.45, 7) is 0. The lowest BCUT2D eigenvalue weighted by Crippen LogP contribution is -2.12. The summed E-state index contributed by atoms with van der Waals surface area (Å²) in [4.78, 5) is 15.8. The highest BCUT2D eigenvalue weighted by Gasteiger charge is 2.09. The molecular weight excluding hydrogens is 318 g/mol. The third kappa shape index (κ3) is 3.00. The molecule has 0 aliphatic rings. The van der Waals surface area contributed by atoms with E-state index in [1.165, 1.54) is 6.20 Å². The van der Waals surface area contributed by atoms with Gasteiger partial charge < -0.3 is 11.1 Å². The first-order valence-electron chi connectivity index (χ1n) is 5.04. The quantitative estimate of drug-likeness (QED) is 0.889. The number of nitrogen functional groups attached to an aromatic ring is 1. The van der Waals surface area contributed by atoms with E-state index in [4.69, 9.17) is 17.3 Å². The number of pyridine rings is 1. The highest BCUT2D eigenvalue weighted by molar-refractivity contribution is 9.10. The molecule has 1 aromatic carbocycles. The molecular formula is C12H9BrClN3O. The van der Waals surface area contributed by atoms with Gasteiger partial charge in [0.05, 0.1) is 16.3 Å².